The van der Waals surface area contributed by atoms with E-state index in [9.17, 15) is 14.4 Å². The molecule has 0 spiro atoms. The minimum atomic E-state index is -1.30. The van der Waals surface area contributed by atoms with Crippen LogP contribution in [0.25, 0.3) is 0 Å². The lowest BCUT2D eigenvalue weighted by Gasteiger charge is -2.23. The van der Waals surface area contributed by atoms with Crippen LogP contribution in [0.15, 0.2) is 36.4 Å². The molecule has 1 aliphatic carbocycles. The zero-order valence-corrected chi connectivity index (χ0v) is 18.0. The Balaban J connectivity index is 1.56. The molecule has 0 aromatic heterocycles. The van der Waals surface area contributed by atoms with Crippen molar-refractivity contribution in [3.63, 3.8) is 0 Å². The van der Waals surface area contributed by atoms with Crippen molar-refractivity contribution in [2.24, 2.45) is 0 Å². The summed E-state index contributed by atoms with van der Waals surface area (Å²) in [6.07, 6.45) is 4.26. The molecule has 1 fully saturated rings. The number of benzene rings is 2. The van der Waals surface area contributed by atoms with E-state index in [1.54, 1.807) is 31.2 Å². The van der Waals surface area contributed by atoms with Gasteiger partial charge in [-0.2, -0.15) is 0 Å². The molecule has 1 heterocycles. The number of hydrogen-bond acceptors (Lipinski definition) is 5. The highest BCUT2D eigenvalue weighted by molar-refractivity contribution is 6.11. The summed E-state index contributed by atoms with van der Waals surface area (Å²) < 4.78 is 10.6. The molecule has 31 heavy (non-hydrogen) atoms. The molecular formula is C24H26N2O5. The molecule has 1 unspecified atom stereocenters. The first-order valence-corrected chi connectivity index (χ1v) is 10.4. The topological polar surface area (TPSA) is 84.9 Å². The predicted octanol–water partition coefficient (Wildman–Crippen LogP) is 3.23. The van der Waals surface area contributed by atoms with Gasteiger partial charge in [-0.1, -0.05) is 18.2 Å². The summed E-state index contributed by atoms with van der Waals surface area (Å²) in [5, 5.41) is 2.73. The number of ether oxygens (including phenoxy) is 2. The fourth-order valence-electron chi connectivity index (χ4n) is 4.33. The summed E-state index contributed by atoms with van der Waals surface area (Å²) in [6.45, 7) is 1.32. The number of nitrogens with one attached hydrogen (secondary N) is 1. The second kappa shape index (κ2) is 8.06. The summed E-state index contributed by atoms with van der Waals surface area (Å²) in [4.78, 5) is 39.7. The Labute approximate surface area is 181 Å². The van der Waals surface area contributed by atoms with Gasteiger partial charge in [-0.15, -0.1) is 0 Å². The average molecular weight is 422 g/mol. The van der Waals surface area contributed by atoms with E-state index in [1.807, 2.05) is 12.1 Å². The number of urea groups is 1. The highest BCUT2D eigenvalue weighted by atomic mass is 16.5. The molecule has 4 rings (SSSR count). The number of ketones is 1. The maximum atomic E-state index is 13.2. The van der Waals surface area contributed by atoms with Crippen LogP contribution in [0.3, 0.4) is 0 Å². The monoisotopic (exact) mass is 422 g/mol. The van der Waals surface area contributed by atoms with Crippen molar-refractivity contribution in [3.05, 3.63) is 58.7 Å². The quantitative estimate of drug-likeness (QED) is 0.571. The Morgan fingerprint density at radius 3 is 2.42 bits per heavy atom. The lowest BCUT2D eigenvalue weighted by molar-refractivity contribution is -0.130. The van der Waals surface area contributed by atoms with E-state index in [4.69, 9.17) is 9.47 Å². The molecule has 2 aromatic rings. The van der Waals surface area contributed by atoms with E-state index in [0.29, 0.717) is 22.6 Å². The summed E-state index contributed by atoms with van der Waals surface area (Å²) >= 11 is 0. The van der Waals surface area contributed by atoms with Gasteiger partial charge in [0.1, 0.15) is 5.54 Å². The Hall–Kier alpha value is -3.35. The molecule has 2 aromatic carbocycles. The Kier molecular flexibility index (Phi) is 5.43. The molecule has 7 nitrogen and oxygen atoms in total. The van der Waals surface area contributed by atoms with Gasteiger partial charge in [-0.05, 0) is 67.5 Å². The molecule has 1 aliphatic heterocycles. The van der Waals surface area contributed by atoms with E-state index >= 15 is 0 Å². The van der Waals surface area contributed by atoms with Crippen LogP contribution in [0.4, 0.5) is 4.79 Å². The lowest BCUT2D eigenvalue weighted by atomic mass is 9.89. The zero-order valence-electron chi connectivity index (χ0n) is 18.0. The number of methoxy groups -OCH3 is 2. The highest BCUT2D eigenvalue weighted by Crippen LogP contribution is 2.35. The fourth-order valence-corrected chi connectivity index (χ4v) is 4.33. The molecule has 2 aliphatic rings. The number of hydrogen-bond donors (Lipinski definition) is 1. The van der Waals surface area contributed by atoms with E-state index in [2.05, 4.69) is 5.32 Å². The lowest BCUT2D eigenvalue weighted by Crippen LogP contribution is -2.41. The molecule has 0 saturated carbocycles. The van der Waals surface area contributed by atoms with Crippen molar-refractivity contribution in [2.45, 2.75) is 38.1 Å². The van der Waals surface area contributed by atoms with Crippen molar-refractivity contribution in [2.75, 3.05) is 20.8 Å². The smallest absolute Gasteiger partial charge is 0.325 e. The second-order valence-electron chi connectivity index (χ2n) is 8.13. The molecule has 1 saturated heterocycles. The van der Waals surface area contributed by atoms with Crippen LogP contribution in [-0.4, -0.2) is 43.4 Å². The third-order valence-electron chi connectivity index (χ3n) is 6.21. The number of nitrogens with zero attached hydrogens (tertiary/aromatic N) is 1. The maximum absolute atomic E-state index is 13.2. The summed E-state index contributed by atoms with van der Waals surface area (Å²) in [5.41, 5.74) is 2.24. The molecular weight excluding hydrogens is 396 g/mol. The number of carbonyl (C=O) groups is 3. The van der Waals surface area contributed by atoms with Crippen LogP contribution < -0.4 is 14.8 Å². The number of Topliss-reactive ketones (excluding diaryl/α,β-unsaturated/α-hetero) is 1. The van der Waals surface area contributed by atoms with Crippen LogP contribution >= 0.6 is 0 Å². The van der Waals surface area contributed by atoms with Crippen LogP contribution in [-0.2, 0) is 23.2 Å². The zero-order chi connectivity index (χ0) is 22.2. The standard InChI is InChI=1S/C24H26N2O5/c1-24(18-10-11-20(30-2)21(13-18)31-3)22(28)26(23(29)25-24)14-19(27)17-9-8-15-6-4-5-7-16(15)12-17/h8-13H,4-7,14H2,1-3H3,(H,25,29). The van der Waals surface area contributed by atoms with Crippen LogP contribution in [0, 0.1) is 0 Å². The first kappa shape index (κ1) is 20.9. The number of aryl methyl sites for hydroxylation is 2. The van der Waals surface area contributed by atoms with Crippen molar-refractivity contribution in [1.82, 2.24) is 10.2 Å². The largest absolute Gasteiger partial charge is 0.493 e. The molecule has 1 N–H and O–H groups in total. The Bertz CT molecular complexity index is 1060. The van der Waals surface area contributed by atoms with Crippen molar-refractivity contribution in [1.29, 1.82) is 0 Å². The number of carbonyl (C=O) groups excluding carboxylic acids is 3. The Morgan fingerprint density at radius 2 is 1.71 bits per heavy atom. The molecule has 1 atom stereocenters. The molecule has 162 valence electrons. The fraction of sp³-hybridized carbons (Fsp3) is 0.375. The van der Waals surface area contributed by atoms with E-state index in [1.165, 1.54) is 25.3 Å². The third-order valence-corrected chi connectivity index (χ3v) is 6.21. The van der Waals surface area contributed by atoms with Gasteiger partial charge in [0.2, 0.25) is 0 Å². The van der Waals surface area contributed by atoms with Gasteiger partial charge >= 0.3 is 6.03 Å². The summed E-state index contributed by atoms with van der Waals surface area (Å²) in [5.74, 6) is 0.238. The first-order chi connectivity index (χ1) is 14.9. The minimum absolute atomic E-state index is 0.256. The van der Waals surface area contributed by atoms with Crippen LogP contribution in [0.5, 0.6) is 11.5 Å². The van der Waals surface area contributed by atoms with Gasteiger partial charge < -0.3 is 14.8 Å². The third kappa shape index (κ3) is 3.65. The maximum Gasteiger partial charge on any atom is 0.325 e. The van der Waals surface area contributed by atoms with E-state index in [-0.39, 0.29) is 12.3 Å². The molecule has 7 heteroatoms. The molecule has 0 bridgehead atoms. The SMILES string of the molecule is COc1ccc(C2(C)NC(=O)N(CC(=O)c3ccc4c(c3)CCCC4)C2=O)cc1OC. The minimum Gasteiger partial charge on any atom is -0.493 e. The van der Waals surface area contributed by atoms with Gasteiger partial charge in [0, 0.05) is 5.56 Å². The Morgan fingerprint density at radius 1 is 1.00 bits per heavy atom. The number of fused-ring (bicyclic) bond motifs is 1. The second-order valence-corrected chi connectivity index (χ2v) is 8.13. The number of amides is 3. The van der Waals surface area contributed by atoms with E-state index in [0.717, 1.165) is 30.6 Å². The molecule has 0 radical (unpaired) electrons. The normalized spacial score (nSPS) is 20.3. The average Bonchev–Trinajstić information content (AvgIpc) is 3.01. The highest BCUT2D eigenvalue weighted by Gasteiger charge is 2.49. The van der Waals surface area contributed by atoms with Crippen molar-refractivity contribution in [3.8, 4) is 11.5 Å². The van der Waals surface area contributed by atoms with Gasteiger partial charge in [-0.3, -0.25) is 14.5 Å². The van der Waals surface area contributed by atoms with Crippen molar-refractivity contribution < 1.29 is 23.9 Å². The van der Waals surface area contributed by atoms with Gasteiger partial charge in [-0.25, -0.2) is 4.79 Å². The van der Waals surface area contributed by atoms with Crippen LogP contribution in [0.2, 0.25) is 0 Å². The van der Waals surface area contributed by atoms with Crippen LogP contribution in [0.1, 0.15) is 46.8 Å². The van der Waals surface area contributed by atoms with Crippen molar-refractivity contribution >= 4 is 17.7 Å². The van der Waals surface area contributed by atoms with Gasteiger partial charge in [0.25, 0.3) is 5.91 Å². The van der Waals surface area contributed by atoms with Gasteiger partial charge in [0.05, 0.1) is 20.8 Å². The summed E-state index contributed by atoms with van der Waals surface area (Å²) in [7, 11) is 3.03. The first-order valence-electron chi connectivity index (χ1n) is 10.4. The van der Waals surface area contributed by atoms with Gasteiger partial charge in [0.15, 0.2) is 17.3 Å². The number of rotatable bonds is 6. The number of imide groups is 1. The predicted molar refractivity (Wildman–Crippen MR) is 115 cm³/mol. The van der Waals surface area contributed by atoms with E-state index < -0.39 is 17.5 Å². The molecule has 3 amide bonds. The summed E-state index contributed by atoms with van der Waals surface area (Å²) in [6, 6.07) is 10.1.